The Morgan fingerprint density at radius 2 is 2.37 bits per heavy atom. The van der Waals surface area contributed by atoms with Crippen molar-refractivity contribution in [2.24, 2.45) is 5.92 Å². The minimum Gasteiger partial charge on any atom is -0.376 e. The Bertz CT molecular complexity index is 407. The van der Waals surface area contributed by atoms with Crippen molar-refractivity contribution in [2.75, 3.05) is 13.2 Å². The topological polar surface area (TPSA) is 39.1 Å². The lowest BCUT2D eigenvalue weighted by Crippen LogP contribution is -2.37. The van der Waals surface area contributed by atoms with Crippen molar-refractivity contribution in [3.8, 4) is 0 Å². The summed E-state index contributed by atoms with van der Waals surface area (Å²) in [5.74, 6) is 0.547. The molecule has 0 aliphatic carbocycles. The molecule has 0 spiro atoms. The van der Waals surface area contributed by atoms with Crippen LogP contribution in [0.3, 0.4) is 0 Å². The Hall–Kier alpha value is -0.580. The molecule has 1 aromatic rings. The first-order valence-corrected chi connectivity index (χ1v) is 7.63. The number of nitrogens with one attached hydrogen (secondary N) is 1. The van der Waals surface area contributed by atoms with Gasteiger partial charge in [0.05, 0.1) is 29.1 Å². The average Bonchev–Trinajstić information content (AvgIpc) is 2.98. The molecule has 1 N–H and O–H groups in total. The molecule has 1 saturated heterocycles. The van der Waals surface area contributed by atoms with Gasteiger partial charge in [0.15, 0.2) is 0 Å². The van der Waals surface area contributed by atoms with Gasteiger partial charge in [-0.1, -0.05) is 25.4 Å². The van der Waals surface area contributed by atoms with Gasteiger partial charge in [0.2, 0.25) is 0 Å². The molecule has 1 aliphatic rings. The van der Waals surface area contributed by atoms with Crippen molar-refractivity contribution in [2.45, 2.75) is 52.3 Å². The molecule has 1 fully saturated rings. The van der Waals surface area contributed by atoms with Gasteiger partial charge in [-0.2, -0.15) is 5.10 Å². The molecule has 1 aromatic heterocycles. The zero-order valence-electron chi connectivity index (χ0n) is 12.0. The fourth-order valence-electron chi connectivity index (χ4n) is 2.74. The number of aromatic nitrogens is 2. The molecular formula is C14H24ClN3O. The smallest absolute Gasteiger partial charge is 0.0835 e. The number of nitrogens with zero attached hydrogens (tertiary/aromatic N) is 2. The molecule has 0 saturated carbocycles. The molecule has 3 unspecified atom stereocenters. The molecule has 0 bridgehead atoms. The highest BCUT2D eigenvalue weighted by atomic mass is 35.5. The van der Waals surface area contributed by atoms with Crippen LogP contribution in [0.15, 0.2) is 6.20 Å². The van der Waals surface area contributed by atoms with Crippen LogP contribution in [0.4, 0.5) is 0 Å². The highest BCUT2D eigenvalue weighted by Crippen LogP contribution is 2.34. The number of ether oxygens (including phenoxy) is 1. The molecule has 0 radical (unpaired) electrons. The van der Waals surface area contributed by atoms with E-state index in [1.54, 1.807) is 6.20 Å². The quantitative estimate of drug-likeness (QED) is 0.873. The molecule has 4 nitrogen and oxygen atoms in total. The number of hydrogen-bond acceptors (Lipinski definition) is 3. The van der Waals surface area contributed by atoms with Gasteiger partial charge in [-0.05, 0) is 32.2 Å². The molecule has 5 heteroatoms. The summed E-state index contributed by atoms with van der Waals surface area (Å²) in [4.78, 5) is 0. The zero-order valence-corrected chi connectivity index (χ0v) is 12.8. The summed E-state index contributed by atoms with van der Waals surface area (Å²) < 4.78 is 7.92. The summed E-state index contributed by atoms with van der Waals surface area (Å²) in [5, 5.41) is 8.67. The lowest BCUT2D eigenvalue weighted by molar-refractivity contribution is 0.0580. The second kappa shape index (κ2) is 6.73. The molecule has 0 aromatic carbocycles. The monoisotopic (exact) mass is 285 g/mol. The fraction of sp³-hybridized carbons (Fsp3) is 0.786. The second-order valence-corrected chi connectivity index (χ2v) is 5.63. The number of halogens is 1. The Balaban J connectivity index is 2.28. The van der Waals surface area contributed by atoms with Crippen molar-refractivity contribution >= 4 is 11.6 Å². The third kappa shape index (κ3) is 3.12. The standard InChI is InChI=1S/C14H24ClN3O/c1-4-7-16-12(14-10(3)6-8-19-14)13-11(15)9-17-18(13)5-2/h9-10,12,14,16H,4-8H2,1-3H3. The maximum atomic E-state index is 6.34. The predicted molar refractivity (Wildman–Crippen MR) is 77.5 cm³/mol. The Morgan fingerprint density at radius 3 is 2.95 bits per heavy atom. The van der Waals surface area contributed by atoms with Gasteiger partial charge in [0, 0.05) is 13.2 Å². The lowest BCUT2D eigenvalue weighted by atomic mass is 9.95. The first kappa shape index (κ1) is 14.8. The Morgan fingerprint density at radius 1 is 1.58 bits per heavy atom. The fourth-order valence-corrected chi connectivity index (χ4v) is 3.00. The Labute approximate surface area is 120 Å². The third-order valence-electron chi connectivity index (χ3n) is 3.81. The zero-order chi connectivity index (χ0) is 13.8. The van der Waals surface area contributed by atoms with Crippen LogP contribution in [0.5, 0.6) is 0 Å². The van der Waals surface area contributed by atoms with E-state index in [4.69, 9.17) is 16.3 Å². The van der Waals surface area contributed by atoms with Crippen LogP contribution in [0.2, 0.25) is 5.02 Å². The summed E-state index contributed by atoms with van der Waals surface area (Å²) in [7, 11) is 0. The van der Waals surface area contributed by atoms with Gasteiger partial charge in [-0.25, -0.2) is 0 Å². The summed E-state index contributed by atoms with van der Waals surface area (Å²) in [6.07, 6.45) is 4.13. The summed E-state index contributed by atoms with van der Waals surface area (Å²) in [6.45, 7) is 9.13. The number of rotatable bonds is 6. The molecule has 2 heterocycles. The minimum atomic E-state index is 0.132. The highest BCUT2D eigenvalue weighted by Gasteiger charge is 2.35. The van der Waals surface area contributed by atoms with Crippen LogP contribution in [0.1, 0.15) is 45.3 Å². The van der Waals surface area contributed by atoms with E-state index in [0.29, 0.717) is 5.92 Å². The van der Waals surface area contributed by atoms with E-state index in [9.17, 15) is 0 Å². The summed E-state index contributed by atoms with van der Waals surface area (Å²) >= 11 is 6.34. The minimum absolute atomic E-state index is 0.132. The SMILES string of the molecule is CCCNC(c1c(Cl)cnn1CC)C1OCCC1C. The maximum absolute atomic E-state index is 6.34. The van der Waals surface area contributed by atoms with Crippen LogP contribution in [-0.4, -0.2) is 29.0 Å². The van der Waals surface area contributed by atoms with Crippen molar-refractivity contribution < 1.29 is 4.74 Å². The number of hydrogen-bond donors (Lipinski definition) is 1. The van der Waals surface area contributed by atoms with E-state index in [0.717, 1.165) is 43.3 Å². The van der Waals surface area contributed by atoms with E-state index in [-0.39, 0.29) is 12.1 Å². The van der Waals surface area contributed by atoms with Gasteiger partial charge >= 0.3 is 0 Å². The average molecular weight is 286 g/mol. The molecule has 19 heavy (non-hydrogen) atoms. The maximum Gasteiger partial charge on any atom is 0.0835 e. The van der Waals surface area contributed by atoms with E-state index >= 15 is 0 Å². The van der Waals surface area contributed by atoms with Crippen molar-refractivity contribution in [1.29, 1.82) is 0 Å². The molecule has 108 valence electrons. The van der Waals surface area contributed by atoms with E-state index in [1.165, 1.54) is 0 Å². The predicted octanol–water partition coefficient (Wildman–Crippen LogP) is 3.02. The first-order valence-electron chi connectivity index (χ1n) is 7.25. The van der Waals surface area contributed by atoms with Crippen LogP contribution in [0.25, 0.3) is 0 Å². The van der Waals surface area contributed by atoms with Crippen LogP contribution in [0, 0.1) is 5.92 Å². The molecule has 2 rings (SSSR count). The second-order valence-electron chi connectivity index (χ2n) is 5.23. The van der Waals surface area contributed by atoms with Gasteiger partial charge < -0.3 is 10.1 Å². The van der Waals surface area contributed by atoms with E-state index < -0.39 is 0 Å². The number of aryl methyl sites for hydroxylation is 1. The summed E-state index contributed by atoms with van der Waals surface area (Å²) in [6, 6.07) is 0.132. The van der Waals surface area contributed by atoms with Crippen LogP contribution < -0.4 is 5.32 Å². The van der Waals surface area contributed by atoms with Crippen molar-refractivity contribution in [3.05, 3.63) is 16.9 Å². The Kier molecular flexibility index (Phi) is 5.25. The summed E-state index contributed by atoms with van der Waals surface area (Å²) in [5.41, 5.74) is 1.07. The lowest BCUT2D eigenvalue weighted by Gasteiger charge is -2.28. The largest absolute Gasteiger partial charge is 0.376 e. The molecule has 3 atom stereocenters. The molecule has 0 amide bonds. The van der Waals surface area contributed by atoms with Gasteiger partial charge in [-0.3, -0.25) is 4.68 Å². The van der Waals surface area contributed by atoms with Gasteiger partial charge in [0.1, 0.15) is 0 Å². The highest BCUT2D eigenvalue weighted by molar-refractivity contribution is 6.31. The van der Waals surface area contributed by atoms with Crippen LogP contribution in [-0.2, 0) is 11.3 Å². The van der Waals surface area contributed by atoms with Crippen molar-refractivity contribution in [3.63, 3.8) is 0 Å². The van der Waals surface area contributed by atoms with Crippen molar-refractivity contribution in [1.82, 2.24) is 15.1 Å². The molecular weight excluding hydrogens is 262 g/mol. The third-order valence-corrected chi connectivity index (χ3v) is 4.11. The van der Waals surface area contributed by atoms with Gasteiger partial charge in [0.25, 0.3) is 0 Å². The van der Waals surface area contributed by atoms with Crippen LogP contribution >= 0.6 is 11.6 Å². The van der Waals surface area contributed by atoms with E-state index in [1.807, 2.05) is 4.68 Å². The first-order chi connectivity index (χ1) is 9.19. The molecule has 1 aliphatic heterocycles. The van der Waals surface area contributed by atoms with E-state index in [2.05, 4.69) is 31.2 Å². The normalized spacial score (nSPS) is 24.8. The van der Waals surface area contributed by atoms with Gasteiger partial charge in [-0.15, -0.1) is 0 Å².